The molecule has 0 unspecified atom stereocenters. The van der Waals surface area contributed by atoms with Crippen molar-refractivity contribution in [1.82, 2.24) is 5.43 Å². The molecule has 114 valence electrons. The fourth-order valence-electron chi connectivity index (χ4n) is 1.73. The van der Waals surface area contributed by atoms with E-state index in [0.717, 1.165) is 0 Å². The molecule has 0 saturated heterocycles. The van der Waals surface area contributed by atoms with Gasteiger partial charge in [0.25, 0.3) is 5.91 Å². The van der Waals surface area contributed by atoms with E-state index < -0.39 is 5.91 Å². The number of hydrazone groups is 1. The Labute approximate surface area is 137 Å². The van der Waals surface area contributed by atoms with Crippen LogP contribution in [-0.4, -0.2) is 24.3 Å². The van der Waals surface area contributed by atoms with Crippen LogP contribution in [0.3, 0.4) is 0 Å². The van der Waals surface area contributed by atoms with Crippen molar-refractivity contribution in [2.45, 2.75) is 0 Å². The van der Waals surface area contributed by atoms with Crippen LogP contribution in [-0.2, 0) is 0 Å². The number of halogens is 2. The number of hydrogen-bond donors (Lipinski definition) is 2. The molecule has 0 aromatic heterocycles. The highest BCUT2D eigenvalue weighted by Gasteiger charge is 2.08. The summed E-state index contributed by atoms with van der Waals surface area (Å²) in [7, 11) is 1.47. The van der Waals surface area contributed by atoms with Gasteiger partial charge in [-0.25, -0.2) is 5.43 Å². The Hall–Kier alpha value is -2.24. The lowest BCUT2D eigenvalue weighted by molar-refractivity contribution is 0.0955. The van der Waals surface area contributed by atoms with Gasteiger partial charge in [0.15, 0.2) is 0 Å². The molecule has 0 aliphatic rings. The van der Waals surface area contributed by atoms with Gasteiger partial charge in [0, 0.05) is 16.1 Å². The molecule has 0 heterocycles. The van der Waals surface area contributed by atoms with Crippen LogP contribution in [0, 0.1) is 0 Å². The number of amides is 1. The number of nitrogens with zero attached hydrogens (tertiary/aromatic N) is 1. The number of carbonyl (C=O) groups excluding carboxylic acids is 1. The molecule has 0 aliphatic heterocycles. The largest absolute Gasteiger partial charge is 0.508 e. The maximum Gasteiger partial charge on any atom is 0.271 e. The van der Waals surface area contributed by atoms with Crippen molar-refractivity contribution in [3.63, 3.8) is 0 Å². The fourth-order valence-corrected chi connectivity index (χ4v) is 2.32. The molecular weight excluding hydrogens is 327 g/mol. The van der Waals surface area contributed by atoms with E-state index in [1.54, 1.807) is 12.1 Å². The summed E-state index contributed by atoms with van der Waals surface area (Å²) in [5.41, 5.74) is 3.26. The van der Waals surface area contributed by atoms with Crippen molar-refractivity contribution in [3.8, 4) is 11.5 Å². The van der Waals surface area contributed by atoms with E-state index in [2.05, 4.69) is 10.5 Å². The van der Waals surface area contributed by atoms with Gasteiger partial charge in [0.2, 0.25) is 0 Å². The normalized spacial score (nSPS) is 10.7. The average molecular weight is 339 g/mol. The standard InChI is InChI=1S/C15H12Cl2N2O3/c1-22-14-10(6-11(16)7-13(14)17)8-18-19-15(21)9-2-4-12(20)5-3-9/h2-8,20H,1H3,(H,19,21)/b18-8+. The van der Waals surface area contributed by atoms with Crippen LogP contribution in [0.25, 0.3) is 0 Å². The van der Waals surface area contributed by atoms with Gasteiger partial charge in [-0.15, -0.1) is 0 Å². The number of carbonyl (C=O) groups is 1. The highest BCUT2D eigenvalue weighted by Crippen LogP contribution is 2.31. The first-order chi connectivity index (χ1) is 10.5. The molecule has 1 amide bonds. The lowest BCUT2D eigenvalue weighted by Gasteiger charge is -2.07. The van der Waals surface area contributed by atoms with Crippen LogP contribution in [0.1, 0.15) is 15.9 Å². The van der Waals surface area contributed by atoms with Crippen molar-refractivity contribution >= 4 is 35.3 Å². The number of nitrogens with one attached hydrogen (secondary N) is 1. The van der Waals surface area contributed by atoms with E-state index in [1.165, 1.54) is 37.6 Å². The van der Waals surface area contributed by atoms with E-state index in [9.17, 15) is 9.90 Å². The van der Waals surface area contributed by atoms with Gasteiger partial charge >= 0.3 is 0 Å². The first-order valence-corrected chi connectivity index (χ1v) is 6.92. The van der Waals surface area contributed by atoms with Gasteiger partial charge in [-0.3, -0.25) is 4.79 Å². The molecule has 0 bridgehead atoms. The Morgan fingerprint density at radius 3 is 2.59 bits per heavy atom. The van der Waals surface area contributed by atoms with Crippen LogP contribution in [0.4, 0.5) is 0 Å². The molecule has 0 radical (unpaired) electrons. The van der Waals surface area contributed by atoms with Gasteiger partial charge < -0.3 is 9.84 Å². The Morgan fingerprint density at radius 1 is 1.27 bits per heavy atom. The smallest absolute Gasteiger partial charge is 0.271 e. The third-order valence-corrected chi connectivity index (χ3v) is 3.24. The SMILES string of the molecule is COc1c(Cl)cc(Cl)cc1/C=N/NC(=O)c1ccc(O)cc1. The number of phenols is 1. The molecule has 2 N–H and O–H groups in total. The molecule has 0 spiro atoms. The van der Waals surface area contributed by atoms with Crippen LogP contribution in [0.15, 0.2) is 41.5 Å². The predicted molar refractivity (Wildman–Crippen MR) is 86.2 cm³/mol. The van der Waals surface area contributed by atoms with Gasteiger partial charge in [0.1, 0.15) is 11.5 Å². The van der Waals surface area contributed by atoms with Crippen LogP contribution in [0.5, 0.6) is 11.5 Å². The first kappa shape index (κ1) is 16.1. The van der Waals surface area contributed by atoms with Gasteiger partial charge in [-0.2, -0.15) is 5.10 Å². The van der Waals surface area contributed by atoms with Crippen molar-refractivity contribution in [1.29, 1.82) is 0 Å². The molecule has 5 nitrogen and oxygen atoms in total. The molecule has 0 aliphatic carbocycles. The second kappa shape index (κ2) is 7.15. The summed E-state index contributed by atoms with van der Waals surface area (Å²) in [5.74, 6) is 0.0791. The molecule has 2 rings (SSSR count). The van der Waals surface area contributed by atoms with Crippen molar-refractivity contribution in [2.24, 2.45) is 5.10 Å². The molecule has 7 heteroatoms. The molecule has 0 fully saturated rings. The molecule has 0 atom stereocenters. The summed E-state index contributed by atoms with van der Waals surface area (Å²) in [5, 5.41) is 13.8. The summed E-state index contributed by atoms with van der Waals surface area (Å²) < 4.78 is 5.16. The Bertz CT molecular complexity index is 715. The zero-order valence-corrected chi connectivity index (χ0v) is 13.0. The van der Waals surface area contributed by atoms with E-state index in [-0.39, 0.29) is 5.75 Å². The minimum Gasteiger partial charge on any atom is -0.508 e. The first-order valence-electron chi connectivity index (χ1n) is 6.16. The second-order valence-corrected chi connectivity index (χ2v) is 5.10. The maximum atomic E-state index is 11.8. The summed E-state index contributed by atoms with van der Waals surface area (Å²) in [6.45, 7) is 0. The monoisotopic (exact) mass is 338 g/mol. The number of methoxy groups -OCH3 is 1. The summed E-state index contributed by atoms with van der Waals surface area (Å²) >= 11 is 11.9. The highest BCUT2D eigenvalue weighted by atomic mass is 35.5. The van der Waals surface area contributed by atoms with Crippen LogP contribution < -0.4 is 10.2 Å². The van der Waals surface area contributed by atoms with Crippen molar-refractivity contribution in [2.75, 3.05) is 7.11 Å². The molecule has 22 heavy (non-hydrogen) atoms. The van der Waals surface area contributed by atoms with Crippen molar-refractivity contribution < 1.29 is 14.6 Å². The summed E-state index contributed by atoms with van der Waals surface area (Å²) in [4.78, 5) is 11.8. The Morgan fingerprint density at radius 2 is 1.95 bits per heavy atom. The number of hydrogen-bond acceptors (Lipinski definition) is 4. The minimum absolute atomic E-state index is 0.0818. The van der Waals surface area contributed by atoms with E-state index >= 15 is 0 Å². The van der Waals surface area contributed by atoms with Gasteiger partial charge in [0.05, 0.1) is 18.3 Å². The Balaban J connectivity index is 2.12. The number of benzene rings is 2. The van der Waals surface area contributed by atoms with Crippen LogP contribution >= 0.6 is 23.2 Å². The lowest BCUT2D eigenvalue weighted by atomic mass is 10.2. The molecule has 2 aromatic carbocycles. The number of ether oxygens (including phenoxy) is 1. The minimum atomic E-state index is -0.414. The maximum absolute atomic E-state index is 11.8. The van der Waals surface area contributed by atoms with E-state index in [1.807, 2.05) is 0 Å². The topological polar surface area (TPSA) is 70.9 Å². The number of phenolic OH excluding ortho intramolecular Hbond substituents is 1. The molecule has 2 aromatic rings. The van der Waals surface area contributed by atoms with Gasteiger partial charge in [-0.05, 0) is 36.4 Å². The summed E-state index contributed by atoms with van der Waals surface area (Å²) in [6.07, 6.45) is 1.38. The predicted octanol–water partition coefficient (Wildman–Crippen LogP) is 3.47. The quantitative estimate of drug-likeness (QED) is 0.662. The van der Waals surface area contributed by atoms with Gasteiger partial charge in [-0.1, -0.05) is 23.2 Å². The van der Waals surface area contributed by atoms with Crippen LogP contribution in [0.2, 0.25) is 10.0 Å². The average Bonchev–Trinajstić information content (AvgIpc) is 2.47. The van der Waals surface area contributed by atoms with E-state index in [4.69, 9.17) is 27.9 Å². The molecular formula is C15H12Cl2N2O3. The summed E-state index contributed by atoms with van der Waals surface area (Å²) in [6, 6.07) is 8.96. The molecule has 0 saturated carbocycles. The second-order valence-electron chi connectivity index (χ2n) is 4.26. The Kier molecular flexibility index (Phi) is 5.25. The third kappa shape index (κ3) is 3.90. The highest BCUT2D eigenvalue weighted by molar-refractivity contribution is 6.36. The third-order valence-electron chi connectivity index (χ3n) is 2.74. The zero-order chi connectivity index (χ0) is 16.1. The lowest BCUT2D eigenvalue weighted by Crippen LogP contribution is -2.17. The fraction of sp³-hybridized carbons (Fsp3) is 0.0667. The van der Waals surface area contributed by atoms with Crippen molar-refractivity contribution in [3.05, 3.63) is 57.6 Å². The van der Waals surface area contributed by atoms with E-state index in [0.29, 0.717) is 26.9 Å². The number of rotatable bonds is 4. The number of aromatic hydroxyl groups is 1. The zero-order valence-electron chi connectivity index (χ0n) is 11.5.